The Balaban J connectivity index is 3.48. The van der Waals surface area contributed by atoms with Gasteiger partial charge in [-0.2, -0.15) is 0 Å². The van der Waals surface area contributed by atoms with Crippen LogP contribution in [0.15, 0.2) is 24.3 Å². The summed E-state index contributed by atoms with van der Waals surface area (Å²) >= 11 is 5.83. The van der Waals surface area contributed by atoms with E-state index in [-0.39, 0.29) is 18.8 Å². The number of ether oxygens (including phenoxy) is 2. The number of nitrogens with one attached hydrogen (secondary N) is 1. The average Bonchev–Trinajstić information content (AvgIpc) is 2.46. The van der Waals surface area contributed by atoms with E-state index in [1.807, 2.05) is 0 Å². The Hall–Kier alpha value is -2.08. The standard InChI is InChI=1S/C15H18ClNO5/c1-4-21-13(19)15(17-10(3)18,14(20)22-5-2)11-6-8-12(16)9-7-11/h6-9H,4-5H2,1-3H3,(H,17,18). The van der Waals surface area contributed by atoms with Gasteiger partial charge in [0.1, 0.15) is 0 Å². The van der Waals surface area contributed by atoms with E-state index in [9.17, 15) is 14.4 Å². The van der Waals surface area contributed by atoms with Crippen LogP contribution in [-0.4, -0.2) is 31.1 Å². The maximum Gasteiger partial charge on any atom is 0.348 e. The van der Waals surface area contributed by atoms with Crippen molar-refractivity contribution < 1.29 is 23.9 Å². The highest BCUT2D eigenvalue weighted by Crippen LogP contribution is 2.27. The normalized spacial score (nSPS) is 10.7. The Morgan fingerprint density at radius 2 is 1.50 bits per heavy atom. The predicted molar refractivity (Wildman–Crippen MR) is 80.2 cm³/mol. The van der Waals surface area contributed by atoms with Crippen molar-refractivity contribution in [2.24, 2.45) is 0 Å². The fourth-order valence-electron chi connectivity index (χ4n) is 1.94. The van der Waals surface area contributed by atoms with Gasteiger partial charge in [0.25, 0.3) is 5.54 Å². The second-order valence-electron chi connectivity index (χ2n) is 4.38. The fraction of sp³-hybridized carbons (Fsp3) is 0.400. The lowest BCUT2D eigenvalue weighted by atomic mass is 9.89. The molecule has 0 bridgehead atoms. The molecular formula is C15H18ClNO5. The summed E-state index contributed by atoms with van der Waals surface area (Å²) in [6.45, 7) is 4.50. The predicted octanol–water partition coefficient (Wildman–Crippen LogP) is 1.80. The number of amides is 1. The number of hydrogen-bond acceptors (Lipinski definition) is 5. The molecule has 0 aromatic heterocycles. The van der Waals surface area contributed by atoms with Crippen molar-refractivity contribution in [2.75, 3.05) is 13.2 Å². The second kappa shape index (κ2) is 7.79. The minimum absolute atomic E-state index is 0.0488. The fourth-order valence-corrected chi connectivity index (χ4v) is 2.06. The summed E-state index contributed by atoms with van der Waals surface area (Å²) in [7, 11) is 0. The first-order valence-corrected chi connectivity index (χ1v) is 7.15. The van der Waals surface area contributed by atoms with Crippen LogP contribution >= 0.6 is 11.6 Å². The third kappa shape index (κ3) is 3.76. The van der Waals surface area contributed by atoms with Crippen molar-refractivity contribution in [1.29, 1.82) is 0 Å². The lowest BCUT2D eigenvalue weighted by Gasteiger charge is -2.30. The molecule has 1 N–H and O–H groups in total. The van der Waals surface area contributed by atoms with Crippen molar-refractivity contribution >= 4 is 29.4 Å². The van der Waals surface area contributed by atoms with Crippen LogP contribution in [0.2, 0.25) is 5.02 Å². The number of carbonyl (C=O) groups is 3. The molecule has 0 atom stereocenters. The van der Waals surface area contributed by atoms with E-state index in [0.29, 0.717) is 5.02 Å². The maximum absolute atomic E-state index is 12.4. The van der Waals surface area contributed by atoms with E-state index in [1.165, 1.54) is 31.2 Å². The SMILES string of the molecule is CCOC(=O)C(NC(C)=O)(C(=O)OCC)c1ccc(Cl)cc1. The number of carbonyl (C=O) groups excluding carboxylic acids is 3. The Kier molecular flexibility index (Phi) is 6.37. The summed E-state index contributed by atoms with van der Waals surface area (Å²) in [6, 6.07) is 5.94. The topological polar surface area (TPSA) is 81.7 Å². The highest BCUT2D eigenvalue weighted by Gasteiger charge is 2.51. The van der Waals surface area contributed by atoms with Crippen LogP contribution in [0.4, 0.5) is 0 Å². The van der Waals surface area contributed by atoms with E-state index in [1.54, 1.807) is 13.8 Å². The quantitative estimate of drug-likeness (QED) is 0.636. The van der Waals surface area contributed by atoms with Crippen LogP contribution < -0.4 is 5.32 Å². The zero-order valence-corrected chi connectivity index (χ0v) is 13.4. The lowest BCUT2D eigenvalue weighted by molar-refractivity contribution is -0.168. The lowest BCUT2D eigenvalue weighted by Crippen LogP contribution is -2.58. The van der Waals surface area contributed by atoms with Gasteiger partial charge in [-0.1, -0.05) is 23.7 Å². The van der Waals surface area contributed by atoms with Crippen molar-refractivity contribution in [2.45, 2.75) is 26.3 Å². The molecule has 6 nitrogen and oxygen atoms in total. The zero-order valence-electron chi connectivity index (χ0n) is 12.6. The first-order valence-electron chi connectivity index (χ1n) is 6.77. The molecule has 0 saturated heterocycles. The molecule has 1 amide bonds. The highest BCUT2D eigenvalue weighted by atomic mass is 35.5. The van der Waals surface area contributed by atoms with Gasteiger partial charge in [-0.3, -0.25) is 4.79 Å². The van der Waals surface area contributed by atoms with Gasteiger partial charge in [-0.05, 0) is 26.0 Å². The summed E-state index contributed by atoms with van der Waals surface area (Å²) in [4.78, 5) is 36.4. The second-order valence-corrected chi connectivity index (χ2v) is 4.82. The summed E-state index contributed by atoms with van der Waals surface area (Å²) in [5, 5.41) is 2.79. The van der Waals surface area contributed by atoms with Crippen LogP contribution in [0, 0.1) is 0 Å². The van der Waals surface area contributed by atoms with Crippen LogP contribution in [0.1, 0.15) is 26.3 Å². The smallest absolute Gasteiger partial charge is 0.348 e. The molecule has 0 spiro atoms. The molecule has 0 saturated carbocycles. The number of esters is 2. The van der Waals surface area contributed by atoms with E-state index in [0.717, 1.165) is 0 Å². The number of halogens is 1. The van der Waals surface area contributed by atoms with Crippen molar-refractivity contribution in [3.8, 4) is 0 Å². The van der Waals surface area contributed by atoms with Gasteiger partial charge >= 0.3 is 11.9 Å². The molecule has 120 valence electrons. The molecule has 0 aliphatic rings. The molecule has 7 heteroatoms. The minimum Gasteiger partial charge on any atom is -0.464 e. The van der Waals surface area contributed by atoms with Crippen LogP contribution in [-0.2, 0) is 29.4 Å². The molecule has 0 aliphatic carbocycles. The molecule has 0 fully saturated rings. The number of benzene rings is 1. The Bertz CT molecular complexity index is 538. The van der Waals surface area contributed by atoms with E-state index >= 15 is 0 Å². The number of rotatable bonds is 6. The number of hydrogen-bond donors (Lipinski definition) is 1. The summed E-state index contributed by atoms with van der Waals surface area (Å²) in [5.41, 5.74) is -1.84. The minimum atomic E-state index is -2.05. The molecule has 22 heavy (non-hydrogen) atoms. The van der Waals surface area contributed by atoms with Crippen molar-refractivity contribution in [3.05, 3.63) is 34.9 Å². The third-order valence-corrected chi connectivity index (χ3v) is 3.06. The van der Waals surface area contributed by atoms with Gasteiger partial charge < -0.3 is 14.8 Å². The maximum atomic E-state index is 12.4. The Labute approximate surface area is 133 Å². The third-order valence-electron chi connectivity index (χ3n) is 2.80. The molecule has 0 unspecified atom stereocenters. The van der Waals surface area contributed by atoms with Gasteiger partial charge in [-0.15, -0.1) is 0 Å². The van der Waals surface area contributed by atoms with Gasteiger partial charge in [0.05, 0.1) is 13.2 Å². The van der Waals surface area contributed by atoms with Crippen LogP contribution in [0.5, 0.6) is 0 Å². The molecule has 0 heterocycles. The molecule has 1 aromatic carbocycles. The summed E-state index contributed by atoms with van der Waals surface area (Å²) in [5.74, 6) is -2.40. The Morgan fingerprint density at radius 3 is 1.86 bits per heavy atom. The first-order chi connectivity index (χ1) is 10.4. The van der Waals surface area contributed by atoms with Gasteiger partial charge in [0, 0.05) is 17.5 Å². The van der Waals surface area contributed by atoms with Crippen LogP contribution in [0.3, 0.4) is 0 Å². The molecule has 0 radical (unpaired) electrons. The highest BCUT2D eigenvalue weighted by molar-refractivity contribution is 6.30. The zero-order chi connectivity index (χ0) is 16.8. The molecule has 1 aromatic rings. The van der Waals surface area contributed by atoms with E-state index in [4.69, 9.17) is 21.1 Å². The first kappa shape index (κ1) is 18.0. The summed E-state index contributed by atoms with van der Waals surface area (Å²) < 4.78 is 9.95. The molecule has 1 rings (SSSR count). The van der Waals surface area contributed by atoms with Crippen molar-refractivity contribution in [3.63, 3.8) is 0 Å². The molecular weight excluding hydrogens is 310 g/mol. The monoisotopic (exact) mass is 327 g/mol. The largest absolute Gasteiger partial charge is 0.464 e. The average molecular weight is 328 g/mol. The Morgan fingerprint density at radius 1 is 1.05 bits per heavy atom. The van der Waals surface area contributed by atoms with Crippen molar-refractivity contribution in [1.82, 2.24) is 5.32 Å². The molecule has 0 aliphatic heterocycles. The van der Waals surface area contributed by atoms with E-state index in [2.05, 4.69) is 5.32 Å². The van der Waals surface area contributed by atoms with Gasteiger partial charge in [0.2, 0.25) is 5.91 Å². The van der Waals surface area contributed by atoms with Gasteiger partial charge in [0.15, 0.2) is 0 Å². The summed E-state index contributed by atoms with van der Waals surface area (Å²) in [6.07, 6.45) is 0. The van der Waals surface area contributed by atoms with Crippen LogP contribution in [0.25, 0.3) is 0 Å². The van der Waals surface area contributed by atoms with Gasteiger partial charge in [-0.25, -0.2) is 9.59 Å². The van der Waals surface area contributed by atoms with E-state index < -0.39 is 23.4 Å².